The second-order valence-corrected chi connectivity index (χ2v) is 6.50. The maximum absolute atomic E-state index is 5.43. The van der Waals surface area contributed by atoms with E-state index in [9.17, 15) is 0 Å². The van der Waals surface area contributed by atoms with E-state index in [1.54, 1.807) is 7.11 Å². The van der Waals surface area contributed by atoms with Gasteiger partial charge in [0.1, 0.15) is 5.75 Å². The maximum Gasteiger partial charge on any atom is 0.121 e. The van der Waals surface area contributed by atoms with E-state index < -0.39 is 0 Å². The Morgan fingerprint density at radius 1 is 1.19 bits per heavy atom. The van der Waals surface area contributed by atoms with Crippen molar-refractivity contribution in [3.63, 3.8) is 0 Å². The van der Waals surface area contributed by atoms with Crippen molar-refractivity contribution in [2.24, 2.45) is 5.92 Å². The quantitative estimate of drug-likeness (QED) is 0.921. The highest BCUT2D eigenvalue weighted by atomic mass is 16.5. The van der Waals surface area contributed by atoms with E-state index in [-0.39, 0.29) is 0 Å². The summed E-state index contributed by atoms with van der Waals surface area (Å²) in [6, 6.07) is 7.38. The molecule has 1 saturated heterocycles. The summed E-state index contributed by atoms with van der Waals surface area (Å²) in [6.45, 7) is 6.75. The number of nitrogens with zero attached hydrogens (tertiary/aromatic N) is 1. The molecule has 0 bridgehead atoms. The van der Waals surface area contributed by atoms with Crippen LogP contribution < -0.4 is 10.1 Å². The minimum absolute atomic E-state index is 0.596. The van der Waals surface area contributed by atoms with Crippen molar-refractivity contribution in [1.82, 2.24) is 10.2 Å². The van der Waals surface area contributed by atoms with Crippen molar-refractivity contribution in [3.05, 3.63) is 29.3 Å². The van der Waals surface area contributed by atoms with E-state index in [0.717, 1.165) is 24.8 Å². The van der Waals surface area contributed by atoms with Crippen LogP contribution in [0.3, 0.4) is 0 Å². The Bertz CT molecular complexity index is 462. The molecule has 3 heteroatoms. The standard InChI is InChI=1S/C18H28N2O/c1-14-13-16(7-8-17(14)21-2)18(15-5-3-4-6-15)20-11-9-19-10-12-20/h7-8,13,15,18-19H,3-6,9-12H2,1-2H3/t18-/m1/s1. The first kappa shape index (κ1) is 14.9. The Kier molecular flexibility index (Phi) is 4.81. The fourth-order valence-corrected chi connectivity index (χ4v) is 4.10. The lowest BCUT2D eigenvalue weighted by molar-refractivity contribution is 0.125. The Labute approximate surface area is 128 Å². The van der Waals surface area contributed by atoms with E-state index in [0.29, 0.717) is 6.04 Å². The first-order valence-electron chi connectivity index (χ1n) is 8.39. The lowest BCUT2D eigenvalue weighted by Crippen LogP contribution is -2.46. The average Bonchev–Trinajstić information content (AvgIpc) is 3.03. The third-order valence-corrected chi connectivity index (χ3v) is 5.15. The fraction of sp³-hybridized carbons (Fsp3) is 0.667. The van der Waals surface area contributed by atoms with Crippen molar-refractivity contribution in [1.29, 1.82) is 0 Å². The molecule has 1 aliphatic heterocycles. The number of hydrogen-bond acceptors (Lipinski definition) is 3. The molecule has 2 fully saturated rings. The number of hydrogen-bond donors (Lipinski definition) is 1. The number of rotatable bonds is 4. The molecule has 0 spiro atoms. The largest absolute Gasteiger partial charge is 0.496 e. The molecule has 0 aromatic heterocycles. The molecule has 2 aliphatic rings. The van der Waals surface area contributed by atoms with Crippen LogP contribution in [-0.2, 0) is 0 Å². The zero-order valence-electron chi connectivity index (χ0n) is 13.4. The van der Waals surface area contributed by atoms with Crippen LogP contribution in [0.25, 0.3) is 0 Å². The molecule has 3 rings (SSSR count). The van der Waals surface area contributed by atoms with Crippen molar-refractivity contribution < 1.29 is 4.74 Å². The van der Waals surface area contributed by atoms with Crippen LogP contribution in [0.4, 0.5) is 0 Å². The number of methoxy groups -OCH3 is 1. The average molecular weight is 288 g/mol. The zero-order valence-corrected chi connectivity index (χ0v) is 13.4. The molecule has 1 aliphatic carbocycles. The molecule has 0 amide bonds. The Balaban J connectivity index is 1.88. The van der Waals surface area contributed by atoms with Gasteiger partial charge in [-0.3, -0.25) is 4.90 Å². The smallest absolute Gasteiger partial charge is 0.121 e. The third-order valence-electron chi connectivity index (χ3n) is 5.15. The van der Waals surface area contributed by atoms with Crippen molar-refractivity contribution >= 4 is 0 Å². The van der Waals surface area contributed by atoms with Crippen molar-refractivity contribution in [2.75, 3.05) is 33.3 Å². The molecule has 0 unspecified atom stereocenters. The Morgan fingerprint density at radius 2 is 1.90 bits per heavy atom. The Hall–Kier alpha value is -1.06. The fourth-order valence-electron chi connectivity index (χ4n) is 4.10. The second-order valence-electron chi connectivity index (χ2n) is 6.50. The van der Waals surface area contributed by atoms with Gasteiger partial charge in [0.2, 0.25) is 0 Å². The summed E-state index contributed by atoms with van der Waals surface area (Å²) >= 11 is 0. The van der Waals surface area contributed by atoms with Crippen molar-refractivity contribution in [3.8, 4) is 5.75 Å². The van der Waals surface area contributed by atoms with Crippen molar-refractivity contribution in [2.45, 2.75) is 38.6 Å². The number of nitrogens with one attached hydrogen (secondary N) is 1. The molecule has 1 aromatic rings. The SMILES string of the molecule is COc1ccc([C@@H](C2CCCC2)N2CCNCC2)cc1C. The molecule has 0 radical (unpaired) electrons. The second kappa shape index (κ2) is 6.80. The van der Waals surface area contributed by atoms with Crippen LogP contribution in [-0.4, -0.2) is 38.2 Å². The minimum atomic E-state index is 0.596. The van der Waals surface area contributed by atoms with Gasteiger partial charge in [-0.15, -0.1) is 0 Å². The predicted molar refractivity (Wildman–Crippen MR) is 86.9 cm³/mol. The summed E-state index contributed by atoms with van der Waals surface area (Å²) in [5.41, 5.74) is 2.75. The lowest BCUT2D eigenvalue weighted by Gasteiger charge is -2.39. The normalized spacial score (nSPS) is 22.4. The Morgan fingerprint density at radius 3 is 2.52 bits per heavy atom. The van der Waals surface area contributed by atoms with Crippen LogP contribution in [0.2, 0.25) is 0 Å². The van der Waals surface area contributed by atoms with E-state index in [4.69, 9.17) is 4.74 Å². The van der Waals surface area contributed by atoms with Gasteiger partial charge in [0, 0.05) is 32.2 Å². The minimum Gasteiger partial charge on any atom is -0.496 e. The van der Waals surface area contributed by atoms with Gasteiger partial charge in [0.05, 0.1) is 7.11 Å². The molecule has 3 nitrogen and oxygen atoms in total. The summed E-state index contributed by atoms with van der Waals surface area (Å²) in [5, 5.41) is 3.48. The van der Waals surface area contributed by atoms with E-state index in [1.165, 1.54) is 49.9 Å². The van der Waals surface area contributed by atoms with Gasteiger partial charge in [-0.1, -0.05) is 25.0 Å². The maximum atomic E-state index is 5.43. The molecule has 1 N–H and O–H groups in total. The monoisotopic (exact) mass is 288 g/mol. The molecule has 1 saturated carbocycles. The van der Waals surface area contributed by atoms with Gasteiger partial charge in [0.15, 0.2) is 0 Å². The molecular formula is C18H28N2O. The van der Waals surface area contributed by atoms with Gasteiger partial charge in [-0.2, -0.15) is 0 Å². The van der Waals surface area contributed by atoms with E-state index >= 15 is 0 Å². The number of benzene rings is 1. The van der Waals surface area contributed by atoms with Crippen LogP contribution in [0.1, 0.15) is 42.9 Å². The lowest BCUT2D eigenvalue weighted by atomic mass is 9.89. The molecule has 1 aromatic carbocycles. The third kappa shape index (κ3) is 3.24. The predicted octanol–water partition coefficient (Wildman–Crippen LogP) is 3.14. The first-order valence-corrected chi connectivity index (χ1v) is 8.39. The van der Waals surface area contributed by atoms with Crippen LogP contribution in [0.15, 0.2) is 18.2 Å². The van der Waals surface area contributed by atoms with E-state index in [2.05, 4.69) is 35.3 Å². The summed E-state index contributed by atoms with van der Waals surface area (Å²) in [5.74, 6) is 1.83. The van der Waals surface area contributed by atoms with E-state index in [1.807, 2.05) is 0 Å². The molecule has 1 atom stereocenters. The van der Waals surface area contributed by atoms with Gasteiger partial charge in [-0.05, 0) is 42.9 Å². The highest BCUT2D eigenvalue weighted by Crippen LogP contribution is 2.40. The first-order chi connectivity index (χ1) is 10.3. The van der Waals surface area contributed by atoms with Gasteiger partial charge in [-0.25, -0.2) is 0 Å². The highest BCUT2D eigenvalue weighted by molar-refractivity contribution is 5.37. The van der Waals surface area contributed by atoms with Gasteiger partial charge < -0.3 is 10.1 Å². The van der Waals surface area contributed by atoms with Crippen LogP contribution >= 0.6 is 0 Å². The highest BCUT2D eigenvalue weighted by Gasteiger charge is 2.31. The summed E-state index contributed by atoms with van der Waals surface area (Å²) < 4.78 is 5.43. The van der Waals surface area contributed by atoms with Crippen LogP contribution in [0, 0.1) is 12.8 Å². The zero-order chi connectivity index (χ0) is 14.7. The molecule has 21 heavy (non-hydrogen) atoms. The van der Waals surface area contributed by atoms with Crippen LogP contribution in [0.5, 0.6) is 5.75 Å². The summed E-state index contributed by atoms with van der Waals surface area (Å²) in [4.78, 5) is 2.70. The topological polar surface area (TPSA) is 24.5 Å². The number of piperazine rings is 1. The molecule has 116 valence electrons. The summed E-state index contributed by atoms with van der Waals surface area (Å²) in [7, 11) is 1.76. The molecular weight excluding hydrogens is 260 g/mol. The number of aryl methyl sites for hydroxylation is 1. The van der Waals surface area contributed by atoms with Gasteiger partial charge >= 0.3 is 0 Å². The molecule has 1 heterocycles. The number of ether oxygens (including phenoxy) is 1. The van der Waals surface area contributed by atoms with Gasteiger partial charge in [0.25, 0.3) is 0 Å². The summed E-state index contributed by atoms with van der Waals surface area (Å²) in [6.07, 6.45) is 5.59.